The molecule has 0 aromatic heterocycles. The zero-order valence-electron chi connectivity index (χ0n) is 15.9. The highest BCUT2D eigenvalue weighted by molar-refractivity contribution is 5.87. The number of rotatable bonds is 9. The van der Waals surface area contributed by atoms with Gasteiger partial charge in [-0.15, -0.1) is 0 Å². The predicted octanol–water partition coefficient (Wildman–Crippen LogP) is 3.20. The second-order valence-electron chi connectivity index (χ2n) is 5.69. The van der Waals surface area contributed by atoms with Gasteiger partial charge in [0.25, 0.3) is 5.69 Å². The molecule has 2 aromatic rings. The maximum absolute atomic E-state index is 12.1. The Morgan fingerprint density at radius 1 is 1.14 bits per heavy atom. The van der Waals surface area contributed by atoms with Crippen molar-refractivity contribution >= 4 is 29.4 Å². The quantitative estimate of drug-likeness (QED) is 0.224. The van der Waals surface area contributed by atoms with Crippen molar-refractivity contribution in [2.24, 2.45) is 0 Å². The van der Waals surface area contributed by atoms with Gasteiger partial charge in [-0.3, -0.25) is 14.9 Å². The number of ether oxygens (including phenoxy) is 3. The van der Waals surface area contributed by atoms with Crippen LogP contribution in [-0.4, -0.2) is 37.6 Å². The Labute approximate surface area is 167 Å². The summed E-state index contributed by atoms with van der Waals surface area (Å²) in [5, 5.41) is 13.8. The number of para-hydroxylation sites is 2. The van der Waals surface area contributed by atoms with Gasteiger partial charge in [0.15, 0.2) is 11.5 Å². The number of methoxy groups -OCH3 is 2. The maximum Gasteiger partial charge on any atom is 0.330 e. The molecule has 0 atom stereocenters. The molecule has 152 valence electrons. The Bertz CT molecular complexity index is 925. The third kappa shape index (κ3) is 6.35. The second-order valence-corrected chi connectivity index (χ2v) is 5.69. The number of nitrogens with zero attached hydrogens (tertiary/aromatic N) is 1. The smallest absolute Gasteiger partial charge is 0.330 e. The lowest BCUT2D eigenvalue weighted by molar-refractivity contribution is -0.384. The monoisotopic (exact) mass is 400 g/mol. The first-order valence-electron chi connectivity index (χ1n) is 8.56. The predicted molar refractivity (Wildman–Crippen MR) is 106 cm³/mol. The van der Waals surface area contributed by atoms with E-state index in [1.807, 2.05) is 0 Å². The highest BCUT2D eigenvalue weighted by Crippen LogP contribution is 2.29. The van der Waals surface area contributed by atoms with Crippen LogP contribution in [0.25, 0.3) is 6.08 Å². The van der Waals surface area contributed by atoms with E-state index in [0.717, 1.165) is 0 Å². The standard InChI is InChI=1S/C20H20N2O7/c1-27-18-13-14(8-10-19(23)28-2)7-9-17(18)29-20(24)11-12-21-15-5-3-4-6-16(15)22(25)26/h3-10,13,21H,11-12H2,1-2H3/b10-8+. The van der Waals surface area contributed by atoms with Crippen LogP contribution in [0.3, 0.4) is 0 Å². The number of anilines is 1. The molecule has 0 unspecified atom stereocenters. The lowest BCUT2D eigenvalue weighted by Crippen LogP contribution is -2.14. The van der Waals surface area contributed by atoms with Gasteiger partial charge in [0.1, 0.15) is 5.69 Å². The third-order valence-electron chi connectivity index (χ3n) is 3.77. The molecule has 9 heteroatoms. The number of nitrogens with one attached hydrogen (secondary N) is 1. The van der Waals surface area contributed by atoms with Gasteiger partial charge < -0.3 is 19.5 Å². The first-order valence-corrected chi connectivity index (χ1v) is 8.56. The van der Waals surface area contributed by atoms with Gasteiger partial charge in [0, 0.05) is 18.7 Å². The number of hydrogen-bond acceptors (Lipinski definition) is 8. The minimum absolute atomic E-state index is 0.0147. The van der Waals surface area contributed by atoms with E-state index in [-0.39, 0.29) is 24.4 Å². The fourth-order valence-corrected chi connectivity index (χ4v) is 2.36. The van der Waals surface area contributed by atoms with E-state index >= 15 is 0 Å². The van der Waals surface area contributed by atoms with Crippen LogP contribution in [0, 0.1) is 10.1 Å². The Morgan fingerprint density at radius 3 is 2.59 bits per heavy atom. The van der Waals surface area contributed by atoms with Gasteiger partial charge in [0.05, 0.1) is 25.6 Å². The van der Waals surface area contributed by atoms with Crippen LogP contribution in [-0.2, 0) is 14.3 Å². The molecule has 1 N–H and O–H groups in total. The van der Waals surface area contributed by atoms with Crippen LogP contribution in [0.15, 0.2) is 48.5 Å². The van der Waals surface area contributed by atoms with Gasteiger partial charge in [-0.2, -0.15) is 0 Å². The van der Waals surface area contributed by atoms with E-state index in [1.165, 1.54) is 32.4 Å². The van der Waals surface area contributed by atoms with Gasteiger partial charge in [-0.25, -0.2) is 4.79 Å². The van der Waals surface area contributed by atoms with Gasteiger partial charge in [-0.1, -0.05) is 18.2 Å². The molecule has 2 aromatic carbocycles. The van der Waals surface area contributed by atoms with Crippen LogP contribution in [0.2, 0.25) is 0 Å². The minimum Gasteiger partial charge on any atom is -0.493 e. The third-order valence-corrected chi connectivity index (χ3v) is 3.77. The van der Waals surface area contributed by atoms with E-state index in [2.05, 4.69) is 10.1 Å². The fraction of sp³-hybridized carbons (Fsp3) is 0.200. The average molecular weight is 400 g/mol. The molecular weight excluding hydrogens is 380 g/mol. The highest BCUT2D eigenvalue weighted by atomic mass is 16.6. The molecule has 0 saturated heterocycles. The molecule has 0 aliphatic rings. The highest BCUT2D eigenvalue weighted by Gasteiger charge is 2.14. The fourth-order valence-electron chi connectivity index (χ4n) is 2.36. The van der Waals surface area contributed by atoms with Crippen molar-refractivity contribution in [1.82, 2.24) is 0 Å². The van der Waals surface area contributed by atoms with E-state index < -0.39 is 16.9 Å². The first-order chi connectivity index (χ1) is 13.9. The summed E-state index contributed by atoms with van der Waals surface area (Å²) in [4.78, 5) is 33.8. The molecule has 0 amide bonds. The zero-order valence-corrected chi connectivity index (χ0v) is 15.9. The normalized spacial score (nSPS) is 10.4. The average Bonchev–Trinajstić information content (AvgIpc) is 2.72. The van der Waals surface area contributed by atoms with Crippen LogP contribution >= 0.6 is 0 Å². The summed E-state index contributed by atoms with van der Waals surface area (Å²) < 4.78 is 15.0. The van der Waals surface area contributed by atoms with Crippen molar-refractivity contribution in [2.45, 2.75) is 6.42 Å². The number of nitro benzene ring substituents is 1. The largest absolute Gasteiger partial charge is 0.493 e. The molecule has 2 rings (SSSR count). The van der Waals surface area contributed by atoms with Crippen molar-refractivity contribution in [3.63, 3.8) is 0 Å². The summed E-state index contributed by atoms with van der Waals surface area (Å²) in [5.41, 5.74) is 0.910. The molecule has 0 saturated carbocycles. The van der Waals surface area contributed by atoms with Crippen molar-refractivity contribution < 1.29 is 28.7 Å². The van der Waals surface area contributed by atoms with Gasteiger partial charge >= 0.3 is 11.9 Å². The van der Waals surface area contributed by atoms with Gasteiger partial charge in [-0.05, 0) is 29.8 Å². The number of esters is 2. The van der Waals surface area contributed by atoms with Crippen LogP contribution in [0.5, 0.6) is 11.5 Å². The van der Waals surface area contributed by atoms with Crippen molar-refractivity contribution in [3.8, 4) is 11.5 Å². The molecule has 0 aliphatic heterocycles. The zero-order chi connectivity index (χ0) is 21.2. The van der Waals surface area contributed by atoms with Crippen LogP contribution < -0.4 is 14.8 Å². The number of carbonyl (C=O) groups is 2. The Balaban J connectivity index is 1.96. The molecular formula is C20H20N2O7. The van der Waals surface area contributed by atoms with Crippen LogP contribution in [0.1, 0.15) is 12.0 Å². The molecule has 0 radical (unpaired) electrons. The lowest BCUT2D eigenvalue weighted by Gasteiger charge is -2.11. The number of nitro groups is 1. The van der Waals surface area contributed by atoms with Gasteiger partial charge in [0.2, 0.25) is 0 Å². The first kappa shape index (κ1) is 21.4. The number of benzene rings is 2. The molecule has 0 fully saturated rings. The Morgan fingerprint density at radius 2 is 1.90 bits per heavy atom. The SMILES string of the molecule is COC(=O)/C=C/c1ccc(OC(=O)CCNc2ccccc2[N+](=O)[O-])c(OC)c1. The molecule has 0 bridgehead atoms. The summed E-state index contributed by atoms with van der Waals surface area (Å²) in [5.74, 6) is -0.492. The Kier molecular flexibility index (Phi) is 7.72. The lowest BCUT2D eigenvalue weighted by atomic mass is 10.2. The van der Waals surface area contributed by atoms with E-state index in [4.69, 9.17) is 9.47 Å². The molecule has 29 heavy (non-hydrogen) atoms. The topological polar surface area (TPSA) is 117 Å². The van der Waals surface area contributed by atoms with E-state index in [9.17, 15) is 19.7 Å². The molecule has 0 aliphatic carbocycles. The summed E-state index contributed by atoms with van der Waals surface area (Å²) in [7, 11) is 2.71. The summed E-state index contributed by atoms with van der Waals surface area (Å²) in [6.45, 7) is 0.159. The molecule has 0 spiro atoms. The van der Waals surface area contributed by atoms with E-state index in [0.29, 0.717) is 17.0 Å². The minimum atomic E-state index is -0.535. The Hall–Kier alpha value is -3.88. The van der Waals surface area contributed by atoms with Crippen molar-refractivity contribution in [3.05, 3.63) is 64.2 Å². The summed E-state index contributed by atoms with van der Waals surface area (Å²) in [6, 6.07) is 11.0. The number of hydrogen-bond donors (Lipinski definition) is 1. The second kappa shape index (κ2) is 10.5. The molecule has 0 heterocycles. The summed E-state index contributed by atoms with van der Waals surface area (Å²) in [6.07, 6.45) is 2.78. The van der Waals surface area contributed by atoms with E-state index in [1.54, 1.807) is 36.4 Å². The van der Waals surface area contributed by atoms with Crippen molar-refractivity contribution in [2.75, 3.05) is 26.1 Å². The molecule has 9 nitrogen and oxygen atoms in total. The van der Waals surface area contributed by atoms with Crippen LogP contribution in [0.4, 0.5) is 11.4 Å². The maximum atomic E-state index is 12.1. The summed E-state index contributed by atoms with van der Waals surface area (Å²) >= 11 is 0. The van der Waals surface area contributed by atoms with Crippen molar-refractivity contribution in [1.29, 1.82) is 0 Å². The number of carbonyl (C=O) groups excluding carboxylic acids is 2.